The minimum absolute atomic E-state index is 0.0522. The van der Waals surface area contributed by atoms with Gasteiger partial charge < -0.3 is 9.80 Å². The minimum Gasteiger partial charge on any atom is -0.353 e. The van der Waals surface area contributed by atoms with Crippen LogP contribution in [0.4, 0.5) is 5.82 Å². The monoisotopic (exact) mass is 314 g/mol. The number of aromatic nitrogens is 4. The zero-order valence-corrected chi connectivity index (χ0v) is 13.8. The van der Waals surface area contributed by atoms with Crippen LogP contribution in [0, 0.1) is 12.8 Å². The van der Waals surface area contributed by atoms with Gasteiger partial charge in [0.15, 0.2) is 0 Å². The molecule has 0 aliphatic carbocycles. The Morgan fingerprint density at radius 1 is 1.09 bits per heavy atom. The summed E-state index contributed by atoms with van der Waals surface area (Å²) in [5, 5.41) is 0. The molecule has 0 saturated carbocycles. The molecule has 0 atom stereocenters. The first-order valence-electron chi connectivity index (χ1n) is 7.92. The number of carbonyl (C=O) groups excluding carboxylic acids is 1. The smallest absolute Gasteiger partial charge is 0.225 e. The van der Waals surface area contributed by atoms with E-state index in [-0.39, 0.29) is 11.8 Å². The number of rotatable bonds is 3. The summed E-state index contributed by atoms with van der Waals surface area (Å²) in [5.74, 6) is 2.87. The van der Waals surface area contributed by atoms with Gasteiger partial charge in [-0.3, -0.25) is 9.36 Å². The van der Waals surface area contributed by atoms with Crippen molar-refractivity contribution in [1.82, 2.24) is 24.4 Å². The topological polar surface area (TPSA) is 67.2 Å². The Labute approximate surface area is 136 Å². The fourth-order valence-corrected chi connectivity index (χ4v) is 2.78. The van der Waals surface area contributed by atoms with Gasteiger partial charge in [-0.2, -0.15) is 0 Å². The second kappa shape index (κ2) is 6.36. The van der Waals surface area contributed by atoms with Crippen LogP contribution in [0.25, 0.3) is 5.82 Å². The van der Waals surface area contributed by atoms with E-state index >= 15 is 0 Å². The fourth-order valence-electron chi connectivity index (χ4n) is 2.78. The lowest BCUT2D eigenvalue weighted by Gasteiger charge is -2.36. The van der Waals surface area contributed by atoms with Gasteiger partial charge in [0, 0.05) is 50.6 Å². The second-order valence-electron chi connectivity index (χ2n) is 6.05. The largest absolute Gasteiger partial charge is 0.353 e. The van der Waals surface area contributed by atoms with Crippen molar-refractivity contribution in [2.75, 3.05) is 31.1 Å². The summed E-state index contributed by atoms with van der Waals surface area (Å²) in [6.07, 6.45) is 5.23. The standard InChI is InChI=1S/C16H22N6O/c1-12(2)16(23)21-8-6-20(7-9-21)14-10-15(19-11-18-14)22-5-4-17-13(22)3/h4-5,10-12H,6-9H2,1-3H3. The SMILES string of the molecule is Cc1nccn1-c1cc(N2CCN(C(=O)C(C)C)CC2)ncn1. The van der Waals surface area contributed by atoms with Crippen molar-refractivity contribution in [2.45, 2.75) is 20.8 Å². The van der Waals surface area contributed by atoms with E-state index in [1.54, 1.807) is 12.5 Å². The molecule has 1 amide bonds. The molecule has 3 rings (SSSR count). The van der Waals surface area contributed by atoms with Crippen LogP contribution in [-0.2, 0) is 4.79 Å². The van der Waals surface area contributed by atoms with Gasteiger partial charge in [-0.1, -0.05) is 13.8 Å². The fraction of sp³-hybridized carbons (Fsp3) is 0.500. The van der Waals surface area contributed by atoms with Crippen molar-refractivity contribution in [2.24, 2.45) is 5.92 Å². The molecule has 7 heteroatoms. The first-order chi connectivity index (χ1) is 11.1. The maximum Gasteiger partial charge on any atom is 0.225 e. The van der Waals surface area contributed by atoms with Gasteiger partial charge >= 0.3 is 0 Å². The molecule has 0 radical (unpaired) electrons. The lowest BCUT2D eigenvalue weighted by atomic mass is 10.1. The summed E-state index contributed by atoms with van der Waals surface area (Å²) in [6.45, 7) is 8.88. The third-order valence-corrected chi connectivity index (χ3v) is 4.12. The van der Waals surface area contributed by atoms with Crippen LogP contribution < -0.4 is 4.90 Å². The molecule has 23 heavy (non-hydrogen) atoms. The van der Waals surface area contributed by atoms with Crippen LogP contribution in [0.3, 0.4) is 0 Å². The maximum absolute atomic E-state index is 12.1. The predicted molar refractivity (Wildman–Crippen MR) is 87.5 cm³/mol. The predicted octanol–water partition coefficient (Wildman–Crippen LogP) is 1.28. The average molecular weight is 314 g/mol. The van der Waals surface area contributed by atoms with Gasteiger partial charge in [0.25, 0.3) is 0 Å². The first kappa shape index (κ1) is 15.5. The van der Waals surface area contributed by atoms with E-state index < -0.39 is 0 Å². The van der Waals surface area contributed by atoms with Crippen molar-refractivity contribution >= 4 is 11.7 Å². The number of hydrogen-bond donors (Lipinski definition) is 0. The molecular weight excluding hydrogens is 292 g/mol. The lowest BCUT2D eigenvalue weighted by molar-refractivity contribution is -0.134. The molecule has 0 spiro atoms. The minimum atomic E-state index is 0.0522. The van der Waals surface area contributed by atoms with Crippen LogP contribution in [0.5, 0.6) is 0 Å². The summed E-state index contributed by atoms with van der Waals surface area (Å²) < 4.78 is 1.93. The average Bonchev–Trinajstić information content (AvgIpc) is 3.00. The summed E-state index contributed by atoms with van der Waals surface area (Å²) in [7, 11) is 0. The highest BCUT2D eigenvalue weighted by molar-refractivity contribution is 5.78. The summed E-state index contributed by atoms with van der Waals surface area (Å²) in [6, 6.07) is 1.97. The van der Waals surface area contributed by atoms with Gasteiger partial charge in [0.2, 0.25) is 5.91 Å². The Morgan fingerprint density at radius 3 is 2.39 bits per heavy atom. The summed E-state index contributed by atoms with van der Waals surface area (Å²) in [4.78, 5) is 29.1. The van der Waals surface area contributed by atoms with Crippen LogP contribution in [-0.4, -0.2) is 56.5 Å². The van der Waals surface area contributed by atoms with Crippen LogP contribution >= 0.6 is 0 Å². The highest BCUT2D eigenvalue weighted by atomic mass is 16.2. The number of anilines is 1. The normalized spacial score (nSPS) is 15.3. The molecule has 0 N–H and O–H groups in total. The number of nitrogens with zero attached hydrogens (tertiary/aromatic N) is 6. The molecule has 2 aromatic heterocycles. The summed E-state index contributed by atoms with van der Waals surface area (Å²) in [5.41, 5.74) is 0. The summed E-state index contributed by atoms with van der Waals surface area (Å²) >= 11 is 0. The van der Waals surface area contributed by atoms with Crippen molar-refractivity contribution < 1.29 is 4.79 Å². The molecule has 0 unspecified atom stereocenters. The molecular formula is C16H22N6O. The van der Waals surface area contributed by atoms with E-state index in [2.05, 4.69) is 19.9 Å². The van der Waals surface area contributed by atoms with E-state index in [4.69, 9.17) is 0 Å². The number of hydrogen-bond acceptors (Lipinski definition) is 5. The lowest BCUT2D eigenvalue weighted by Crippen LogP contribution is -2.50. The van der Waals surface area contributed by atoms with Crippen LogP contribution in [0.1, 0.15) is 19.7 Å². The Morgan fingerprint density at radius 2 is 1.78 bits per heavy atom. The second-order valence-corrected chi connectivity index (χ2v) is 6.05. The van der Waals surface area contributed by atoms with Gasteiger partial charge in [0.1, 0.15) is 23.8 Å². The van der Waals surface area contributed by atoms with E-state index in [1.165, 1.54) is 0 Å². The van der Waals surface area contributed by atoms with E-state index in [1.807, 2.05) is 42.5 Å². The third kappa shape index (κ3) is 3.18. The van der Waals surface area contributed by atoms with Crippen LogP contribution in [0.15, 0.2) is 24.8 Å². The van der Waals surface area contributed by atoms with E-state index in [0.717, 1.165) is 43.6 Å². The van der Waals surface area contributed by atoms with Crippen molar-refractivity contribution in [3.8, 4) is 5.82 Å². The molecule has 1 aliphatic rings. The highest BCUT2D eigenvalue weighted by Gasteiger charge is 2.23. The third-order valence-electron chi connectivity index (χ3n) is 4.12. The highest BCUT2D eigenvalue weighted by Crippen LogP contribution is 2.17. The molecule has 122 valence electrons. The molecule has 0 bridgehead atoms. The molecule has 7 nitrogen and oxygen atoms in total. The van der Waals surface area contributed by atoms with E-state index in [9.17, 15) is 4.79 Å². The zero-order chi connectivity index (χ0) is 16.4. The Balaban J connectivity index is 1.72. The van der Waals surface area contributed by atoms with Crippen LogP contribution in [0.2, 0.25) is 0 Å². The number of amides is 1. The first-order valence-corrected chi connectivity index (χ1v) is 7.92. The van der Waals surface area contributed by atoms with Crippen molar-refractivity contribution in [3.05, 3.63) is 30.6 Å². The van der Waals surface area contributed by atoms with E-state index in [0.29, 0.717) is 0 Å². The molecule has 1 fully saturated rings. The number of aryl methyl sites for hydroxylation is 1. The maximum atomic E-state index is 12.1. The number of piperazine rings is 1. The zero-order valence-electron chi connectivity index (χ0n) is 13.8. The molecule has 1 aliphatic heterocycles. The van der Waals surface area contributed by atoms with Gasteiger partial charge in [-0.15, -0.1) is 0 Å². The molecule has 1 saturated heterocycles. The number of imidazole rings is 1. The number of carbonyl (C=O) groups is 1. The molecule has 3 heterocycles. The Hall–Kier alpha value is -2.44. The van der Waals surface area contributed by atoms with Gasteiger partial charge in [-0.25, -0.2) is 15.0 Å². The molecule has 0 aromatic carbocycles. The van der Waals surface area contributed by atoms with Gasteiger partial charge in [0.05, 0.1) is 0 Å². The molecule has 2 aromatic rings. The Kier molecular flexibility index (Phi) is 4.27. The van der Waals surface area contributed by atoms with Gasteiger partial charge in [-0.05, 0) is 6.92 Å². The Bertz CT molecular complexity index is 687. The quantitative estimate of drug-likeness (QED) is 0.853. The van der Waals surface area contributed by atoms with Crippen molar-refractivity contribution in [1.29, 1.82) is 0 Å². The van der Waals surface area contributed by atoms with Crippen molar-refractivity contribution in [3.63, 3.8) is 0 Å².